The van der Waals surface area contributed by atoms with Gasteiger partial charge in [0.15, 0.2) is 6.61 Å². The lowest BCUT2D eigenvalue weighted by Crippen LogP contribution is -2.31. The van der Waals surface area contributed by atoms with Gasteiger partial charge in [-0.15, -0.1) is 0 Å². The molecule has 0 spiro atoms. The molecule has 1 fully saturated rings. The predicted molar refractivity (Wildman–Crippen MR) is 82.9 cm³/mol. The van der Waals surface area contributed by atoms with Crippen LogP contribution in [0.4, 0.5) is 0 Å². The summed E-state index contributed by atoms with van der Waals surface area (Å²) >= 11 is 0. The van der Waals surface area contributed by atoms with Gasteiger partial charge in [0.2, 0.25) is 11.7 Å². The van der Waals surface area contributed by atoms with Crippen molar-refractivity contribution >= 4 is 5.91 Å². The van der Waals surface area contributed by atoms with Crippen molar-refractivity contribution in [3.8, 4) is 5.75 Å². The van der Waals surface area contributed by atoms with E-state index >= 15 is 0 Å². The number of hydrogen-bond acceptors (Lipinski definition) is 6. The van der Waals surface area contributed by atoms with E-state index in [-0.39, 0.29) is 18.6 Å². The maximum atomic E-state index is 12.3. The summed E-state index contributed by atoms with van der Waals surface area (Å²) < 4.78 is 10.6. The molecule has 1 saturated heterocycles. The first-order valence-corrected chi connectivity index (χ1v) is 7.75. The molecule has 1 aliphatic rings. The van der Waals surface area contributed by atoms with Crippen LogP contribution in [0.15, 0.2) is 28.8 Å². The largest absolute Gasteiger partial charge is 0.485 e. The second kappa shape index (κ2) is 6.78. The maximum Gasteiger partial charge on any atom is 0.253 e. The molecule has 1 aliphatic heterocycles. The van der Waals surface area contributed by atoms with Crippen LogP contribution in [0.2, 0.25) is 0 Å². The number of aryl methyl sites for hydroxylation is 1. The van der Waals surface area contributed by atoms with Gasteiger partial charge >= 0.3 is 0 Å². The van der Waals surface area contributed by atoms with Gasteiger partial charge in [-0.2, -0.15) is 4.98 Å². The molecule has 1 aromatic heterocycles. The molecule has 2 heterocycles. The summed E-state index contributed by atoms with van der Waals surface area (Å²) in [5, 5.41) is 3.82. The Bertz CT molecular complexity index is 668. The Morgan fingerprint density at radius 1 is 1.43 bits per heavy atom. The van der Waals surface area contributed by atoms with Crippen molar-refractivity contribution in [2.75, 3.05) is 13.1 Å². The fraction of sp³-hybridized carbons (Fsp3) is 0.438. The third-order valence-corrected chi connectivity index (χ3v) is 3.79. The number of rotatable bonds is 5. The van der Waals surface area contributed by atoms with Crippen LogP contribution in [0.1, 0.15) is 35.4 Å². The van der Waals surface area contributed by atoms with Crippen molar-refractivity contribution in [3.63, 3.8) is 0 Å². The van der Waals surface area contributed by atoms with Gasteiger partial charge < -0.3 is 19.9 Å². The zero-order valence-corrected chi connectivity index (χ0v) is 13.1. The Hall–Kier alpha value is -2.41. The summed E-state index contributed by atoms with van der Waals surface area (Å²) in [5.41, 5.74) is 6.48. The zero-order valence-electron chi connectivity index (χ0n) is 13.1. The lowest BCUT2D eigenvalue weighted by atomic mass is 10.2. The number of carbonyl (C=O) groups is 1. The Labute approximate surface area is 134 Å². The SMILES string of the molecule is CCc1nc(COc2ccc(C(=O)N3CC[C@@H](N)C3)cc2)no1. The smallest absolute Gasteiger partial charge is 0.253 e. The number of aromatic nitrogens is 2. The summed E-state index contributed by atoms with van der Waals surface area (Å²) in [6.07, 6.45) is 1.56. The van der Waals surface area contributed by atoms with Crippen LogP contribution in [0, 0.1) is 0 Å². The lowest BCUT2D eigenvalue weighted by Gasteiger charge is -2.15. The molecule has 7 heteroatoms. The monoisotopic (exact) mass is 316 g/mol. The van der Waals surface area contributed by atoms with E-state index in [1.165, 1.54) is 0 Å². The van der Waals surface area contributed by atoms with E-state index in [1.54, 1.807) is 29.2 Å². The quantitative estimate of drug-likeness (QED) is 0.895. The number of hydrogen-bond donors (Lipinski definition) is 1. The molecule has 0 saturated carbocycles. The van der Waals surface area contributed by atoms with Gasteiger partial charge in [0, 0.05) is 31.1 Å². The van der Waals surface area contributed by atoms with Gasteiger partial charge in [0.1, 0.15) is 5.75 Å². The maximum absolute atomic E-state index is 12.3. The lowest BCUT2D eigenvalue weighted by molar-refractivity contribution is 0.0791. The van der Waals surface area contributed by atoms with Crippen molar-refractivity contribution in [1.82, 2.24) is 15.0 Å². The normalized spacial score (nSPS) is 17.5. The van der Waals surface area contributed by atoms with E-state index in [1.807, 2.05) is 6.92 Å². The summed E-state index contributed by atoms with van der Waals surface area (Å²) in [6, 6.07) is 7.14. The van der Waals surface area contributed by atoms with Gasteiger partial charge in [0.25, 0.3) is 5.91 Å². The number of ether oxygens (including phenoxy) is 1. The molecular formula is C16H20N4O3. The van der Waals surface area contributed by atoms with Gasteiger partial charge in [-0.25, -0.2) is 0 Å². The fourth-order valence-corrected chi connectivity index (χ4v) is 2.49. The van der Waals surface area contributed by atoms with Gasteiger partial charge in [-0.3, -0.25) is 4.79 Å². The average molecular weight is 316 g/mol. The molecule has 0 radical (unpaired) electrons. The highest BCUT2D eigenvalue weighted by Gasteiger charge is 2.24. The molecule has 7 nitrogen and oxygen atoms in total. The van der Waals surface area contributed by atoms with Crippen molar-refractivity contribution < 1.29 is 14.1 Å². The number of benzene rings is 1. The molecule has 0 aliphatic carbocycles. The van der Waals surface area contributed by atoms with E-state index in [0.717, 1.165) is 13.0 Å². The predicted octanol–water partition coefficient (Wildman–Crippen LogP) is 1.38. The molecule has 0 unspecified atom stereocenters. The highest BCUT2D eigenvalue weighted by atomic mass is 16.5. The minimum Gasteiger partial charge on any atom is -0.485 e. The first-order valence-electron chi connectivity index (χ1n) is 7.75. The van der Waals surface area contributed by atoms with E-state index < -0.39 is 0 Å². The fourth-order valence-electron chi connectivity index (χ4n) is 2.49. The Morgan fingerprint density at radius 2 is 2.22 bits per heavy atom. The number of amides is 1. The molecule has 3 rings (SSSR count). The second-order valence-corrected chi connectivity index (χ2v) is 5.57. The Balaban J connectivity index is 1.57. The van der Waals surface area contributed by atoms with E-state index in [9.17, 15) is 4.79 Å². The zero-order chi connectivity index (χ0) is 16.2. The minimum absolute atomic E-state index is 0.00950. The van der Waals surface area contributed by atoms with Gasteiger partial charge in [-0.05, 0) is 30.7 Å². The molecule has 1 aromatic carbocycles. The van der Waals surface area contributed by atoms with Crippen LogP contribution < -0.4 is 10.5 Å². The minimum atomic E-state index is 0.00950. The second-order valence-electron chi connectivity index (χ2n) is 5.57. The molecule has 0 bridgehead atoms. The van der Waals surface area contributed by atoms with Crippen molar-refractivity contribution in [2.24, 2.45) is 5.73 Å². The van der Waals surface area contributed by atoms with Crippen molar-refractivity contribution in [1.29, 1.82) is 0 Å². The average Bonchev–Trinajstić information content (AvgIpc) is 3.21. The van der Waals surface area contributed by atoms with Gasteiger partial charge in [0.05, 0.1) is 0 Å². The van der Waals surface area contributed by atoms with E-state index in [4.69, 9.17) is 15.0 Å². The molecule has 2 N–H and O–H groups in total. The summed E-state index contributed by atoms with van der Waals surface area (Å²) in [4.78, 5) is 18.3. The van der Waals surface area contributed by atoms with E-state index in [2.05, 4.69) is 10.1 Å². The standard InChI is InChI=1S/C16H20N4O3/c1-2-15-18-14(19-23-15)10-22-13-5-3-11(4-6-13)16(21)20-8-7-12(17)9-20/h3-6,12H,2,7-10,17H2,1H3/t12-/m1/s1. The highest BCUT2D eigenvalue weighted by molar-refractivity contribution is 5.94. The molecular weight excluding hydrogens is 296 g/mol. The molecule has 122 valence electrons. The number of nitrogens with zero attached hydrogens (tertiary/aromatic N) is 3. The number of carbonyl (C=O) groups excluding carboxylic acids is 1. The summed E-state index contributed by atoms with van der Waals surface area (Å²) in [6.45, 7) is 3.52. The van der Waals surface area contributed by atoms with Crippen molar-refractivity contribution in [2.45, 2.75) is 32.4 Å². The molecule has 2 aromatic rings. The third-order valence-electron chi connectivity index (χ3n) is 3.79. The number of nitrogens with two attached hydrogens (primary N) is 1. The summed E-state index contributed by atoms with van der Waals surface area (Å²) in [5.74, 6) is 1.76. The van der Waals surface area contributed by atoms with Crippen LogP contribution in [0.5, 0.6) is 5.75 Å². The summed E-state index contributed by atoms with van der Waals surface area (Å²) in [7, 11) is 0. The Kier molecular flexibility index (Phi) is 4.57. The van der Waals surface area contributed by atoms with Crippen LogP contribution in [-0.2, 0) is 13.0 Å². The van der Waals surface area contributed by atoms with Gasteiger partial charge in [-0.1, -0.05) is 12.1 Å². The third kappa shape index (κ3) is 3.68. The Morgan fingerprint density at radius 3 is 2.83 bits per heavy atom. The van der Waals surface area contributed by atoms with E-state index in [0.29, 0.717) is 36.0 Å². The number of likely N-dealkylation sites (tertiary alicyclic amines) is 1. The first kappa shape index (κ1) is 15.5. The van der Waals surface area contributed by atoms with Crippen LogP contribution in [0.3, 0.4) is 0 Å². The molecule has 23 heavy (non-hydrogen) atoms. The highest BCUT2D eigenvalue weighted by Crippen LogP contribution is 2.17. The molecule has 1 atom stereocenters. The van der Waals surface area contributed by atoms with Crippen molar-refractivity contribution in [3.05, 3.63) is 41.5 Å². The first-order chi connectivity index (χ1) is 11.2. The van der Waals surface area contributed by atoms with Crippen LogP contribution in [-0.4, -0.2) is 40.1 Å². The molecule has 1 amide bonds. The van der Waals surface area contributed by atoms with Crippen LogP contribution in [0.25, 0.3) is 0 Å². The topological polar surface area (TPSA) is 94.5 Å². The van der Waals surface area contributed by atoms with Crippen LogP contribution >= 0.6 is 0 Å².